The van der Waals surface area contributed by atoms with Crippen molar-refractivity contribution >= 4 is 22.9 Å². The van der Waals surface area contributed by atoms with Crippen molar-refractivity contribution in [3.8, 4) is 0 Å². The van der Waals surface area contributed by atoms with Gasteiger partial charge in [-0.15, -0.1) is 11.3 Å². The van der Waals surface area contributed by atoms with Crippen molar-refractivity contribution in [2.75, 3.05) is 5.32 Å². The molecule has 0 unspecified atom stereocenters. The summed E-state index contributed by atoms with van der Waals surface area (Å²) in [5.41, 5.74) is 0.846. The van der Waals surface area contributed by atoms with Crippen molar-refractivity contribution in [1.29, 1.82) is 0 Å². The van der Waals surface area contributed by atoms with Crippen molar-refractivity contribution in [3.05, 3.63) is 52.2 Å². The van der Waals surface area contributed by atoms with E-state index in [4.69, 9.17) is 0 Å². The Morgan fingerprint density at radius 3 is 2.60 bits per heavy atom. The maximum atomic E-state index is 11.9. The van der Waals surface area contributed by atoms with Crippen molar-refractivity contribution in [1.82, 2.24) is 5.32 Å². The fraction of sp³-hybridized carbons (Fsp3) is 0.312. The molecule has 0 fully saturated rings. The smallest absolute Gasteiger partial charge is 0.225 e. The summed E-state index contributed by atoms with van der Waals surface area (Å²) < 4.78 is 0. The normalized spacial score (nSPS) is 12.1. The molecule has 1 aromatic heterocycles. The number of hydrogen-bond acceptors (Lipinski definition) is 3. The first-order valence-corrected chi connectivity index (χ1v) is 7.59. The SMILES string of the molecule is Cc1ccc(CN[C@@H](C)CC(=O)Nc2ccccc2)s1. The van der Waals surface area contributed by atoms with Crippen LogP contribution in [0, 0.1) is 6.92 Å². The van der Waals surface area contributed by atoms with E-state index in [-0.39, 0.29) is 11.9 Å². The lowest BCUT2D eigenvalue weighted by atomic mass is 10.2. The average Bonchev–Trinajstić information content (AvgIpc) is 2.83. The lowest BCUT2D eigenvalue weighted by Crippen LogP contribution is -2.30. The molecular formula is C16H20N2OS. The molecule has 2 aromatic rings. The maximum absolute atomic E-state index is 11.9. The van der Waals surface area contributed by atoms with Crippen LogP contribution in [0.25, 0.3) is 0 Å². The Balaban J connectivity index is 1.73. The zero-order chi connectivity index (χ0) is 14.4. The molecule has 1 aromatic carbocycles. The second-order valence-electron chi connectivity index (χ2n) is 4.91. The van der Waals surface area contributed by atoms with Crippen LogP contribution in [0.1, 0.15) is 23.1 Å². The summed E-state index contributed by atoms with van der Waals surface area (Å²) in [6.45, 7) is 4.95. The third kappa shape index (κ3) is 4.79. The molecule has 2 rings (SSSR count). The highest BCUT2D eigenvalue weighted by Gasteiger charge is 2.09. The van der Waals surface area contributed by atoms with E-state index in [0.29, 0.717) is 6.42 Å². The molecule has 4 heteroatoms. The summed E-state index contributed by atoms with van der Waals surface area (Å²) in [6.07, 6.45) is 0.471. The minimum absolute atomic E-state index is 0.0403. The largest absolute Gasteiger partial charge is 0.326 e. The van der Waals surface area contributed by atoms with Crippen LogP contribution in [0.15, 0.2) is 42.5 Å². The van der Waals surface area contributed by atoms with Crippen LogP contribution in [-0.4, -0.2) is 11.9 Å². The Bertz CT molecular complexity index is 551. The quantitative estimate of drug-likeness (QED) is 0.853. The second kappa shape index (κ2) is 7.22. The summed E-state index contributed by atoms with van der Waals surface area (Å²) in [5, 5.41) is 6.28. The Morgan fingerprint density at radius 2 is 1.95 bits per heavy atom. The van der Waals surface area contributed by atoms with Gasteiger partial charge in [-0.05, 0) is 38.1 Å². The number of carbonyl (C=O) groups excluding carboxylic acids is 1. The molecule has 0 spiro atoms. The number of nitrogens with one attached hydrogen (secondary N) is 2. The molecule has 0 radical (unpaired) electrons. The van der Waals surface area contributed by atoms with Gasteiger partial charge in [-0.3, -0.25) is 4.79 Å². The summed E-state index contributed by atoms with van der Waals surface area (Å²) >= 11 is 1.79. The van der Waals surface area contributed by atoms with Gasteiger partial charge in [0.15, 0.2) is 0 Å². The highest BCUT2D eigenvalue weighted by atomic mass is 32.1. The Morgan fingerprint density at radius 1 is 1.20 bits per heavy atom. The van der Waals surface area contributed by atoms with E-state index in [1.165, 1.54) is 9.75 Å². The van der Waals surface area contributed by atoms with Gasteiger partial charge in [-0.1, -0.05) is 18.2 Å². The molecule has 20 heavy (non-hydrogen) atoms. The summed E-state index contributed by atoms with van der Waals surface area (Å²) in [7, 11) is 0. The highest BCUT2D eigenvalue weighted by Crippen LogP contribution is 2.15. The number of hydrogen-bond donors (Lipinski definition) is 2. The Labute approximate surface area is 124 Å². The average molecular weight is 288 g/mol. The first-order valence-electron chi connectivity index (χ1n) is 6.77. The van der Waals surface area contributed by atoms with Gasteiger partial charge >= 0.3 is 0 Å². The number of aryl methyl sites for hydroxylation is 1. The second-order valence-corrected chi connectivity index (χ2v) is 6.29. The molecule has 0 saturated heterocycles. The zero-order valence-corrected chi connectivity index (χ0v) is 12.7. The molecule has 1 atom stereocenters. The number of benzene rings is 1. The van der Waals surface area contributed by atoms with E-state index in [2.05, 4.69) is 29.7 Å². The number of para-hydroxylation sites is 1. The first kappa shape index (κ1) is 14.8. The van der Waals surface area contributed by atoms with Gasteiger partial charge < -0.3 is 10.6 Å². The topological polar surface area (TPSA) is 41.1 Å². The summed E-state index contributed by atoms with van der Waals surface area (Å²) in [5.74, 6) is 0.0403. The molecule has 3 nitrogen and oxygen atoms in total. The van der Waals surface area contributed by atoms with Gasteiger partial charge in [0.25, 0.3) is 0 Å². The fourth-order valence-corrected chi connectivity index (χ4v) is 2.78. The van der Waals surface area contributed by atoms with Gasteiger partial charge in [-0.2, -0.15) is 0 Å². The van der Waals surface area contributed by atoms with Crippen molar-refractivity contribution in [3.63, 3.8) is 0 Å². The third-order valence-electron chi connectivity index (χ3n) is 2.97. The van der Waals surface area contributed by atoms with Gasteiger partial charge in [0.2, 0.25) is 5.91 Å². The van der Waals surface area contributed by atoms with Gasteiger partial charge in [0.1, 0.15) is 0 Å². The van der Waals surface area contributed by atoms with E-state index in [1.54, 1.807) is 11.3 Å². The highest BCUT2D eigenvalue weighted by molar-refractivity contribution is 7.11. The van der Waals surface area contributed by atoms with E-state index in [9.17, 15) is 4.79 Å². The minimum Gasteiger partial charge on any atom is -0.326 e. The molecule has 2 N–H and O–H groups in total. The van der Waals surface area contributed by atoms with Crippen LogP contribution >= 0.6 is 11.3 Å². The van der Waals surface area contributed by atoms with Gasteiger partial charge in [0, 0.05) is 34.4 Å². The van der Waals surface area contributed by atoms with E-state index < -0.39 is 0 Å². The molecule has 0 aliphatic carbocycles. The molecule has 0 saturated carbocycles. The molecule has 1 amide bonds. The van der Waals surface area contributed by atoms with Crippen LogP contribution in [0.2, 0.25) is 0 Å². The summed E-state index contributed by atoms with van der Waals surface area (Å²) in [4.78, 5) is 14.5. The molecule has 1 heterocycles. The number of rotatable bonds is 6. The summed E-state index contributed by atoms with van der Waals surface area (Å²) in [6, 6.07) is 13.9. The van der Waals surface area contributed by atoms with Crippen LogP contribution in [0.3, 0.4) is 0 Å². The van der Waals surface area contributed by atoms with E-state index >= 15 is 0 Å². The predicted molar refractivity (Wildman–Crippen MR) is 85.0 cm³/mol. The van der Waals surface area contributed by atoms with E-state index in [0.717, 1.165) is 12.2 Å². The number of carbonyl (C=O) groups is 1. The van der Waals surface area contributed by atoms with Crippen LogP contribution in [0.4, 0.5) is 5.69 Å². The molecular weight excluding hydrogens is 268 g/mol. The molecule has 0 aliphatic heterocycles. The van der Waals surface area contributed by atoms with Crippen molar-refractivity contribution in [2.45, 2.75) is 32.9 Å². The van der Waals surface area contributed by atoms with E-state index in [1.807, 2.05) is 37.3 Å². The number of thiophene rings is 1. The minimum atomic E-state index is 0.0403. The molecule has 0 aliphatic rings. The third-order valence-corrected chi connectivity index (χ3v) is 3.97. The monoisotopic (exact) mass is 288 g/mol. The number of anilines is 1. The molecule has 0 bridgehead atoms. The maximum Gasteiger partial charge on any atom is 0.225 e. The Kier molecular flexibility index (Phi) is 5.32. The lowest BCUT2D eigenvalue weighted by molar-refractivity contribution is -0.116. The van der Waals surface area contributed by atoms with Gasteiger partial charge in [0.05, 0.1) is 0 Å². The molecule has 106 valence electrons. The Hall–Kier alpha value is -1.65. The standard InChI is InChI=1S/C16H20N2OS/c1-12(17-11-15-9-8-13(2)20-15)10-16(19)18-14-6-4-3-5-7-14/h3-9,12,17H,10-11H2,1-2H3,(H,18,19)/t12-/m0/s1. The van der Waals surface area contributed by atoms with Crippen molar-refractivity contribution in [2.24, 2.45) is 0 Å². The van der Waals surface area contributed by atoms with Gasteiger partial charge in [-0.25, -0.2) is 0 Å². The predicted octanol–water partition coefficient (Wildman–Crippen LogP) is 3.56. The lowest BCUT2D eigenvalue weighted by Gasteiger charge is -2.13. The zero-order valence-electron chi connectivity index (χ0n) is 11.8. The van der Waals surface area contributed by atoms with Crippen LogP contribution in [0.5, 0.6) is 0 Å². The van der Waals surface area contributed by atoms with Crippen molar-refractivity contribution < 1.29 is 4.79 Å². The fourth-order valence-electron chi connectivity index (χ4n) is 1.94. The van der Waals surface area contributed by atoms with Crippen LogP contribution in [-0.2, 0) is 11.3 Å². The van der Waals surface area contributed by atoms with Crippen LogP contribution < -0.4 is 10.6 Å². The first-order chi connectivity index (χ1) is 9.63. The number of amides is 1.